The summed E-state index contributed by atoms with van der Waals surface area (Å²) in [6, 6.07) is 0.0859. The van der Waals surface area contributed by atoms with Crippen molar-refractivity contribution >= 4 is 10.2 Å². The Morgan fingerprint density at radius 2 is 2.12 bits per heavy atom. The average Bonchev–Trinajstić information content (AvgIpc) is 2.26. The third-order valence-corrected chi connectivity index (χ3v) is 5.40. The number of nitrogens with zero attached hydrogens (tertiary/aromatic N) is 2. The first-order valence-electron chi connectivity index (χ1n) is 6.27. The van der Waals surface area contributed by atoms with E-state index in [0.29, 0.717) is 19.5 Å². The van der Waals surface area contributed by atoms with E-state index in [0.717, 1.165) is 19.3 Å². The average molecular weight is 264 g/mol. The molecule has 1 saturated heterocycles. The zero-order valence-electron chi connectivity index (χ0n) is 11.0. The fourth-order valence-corrected chi connectivity index (χ4v) is 3.69. The molecule has 0 aromatic heterocycles. The van der Waals surface area contributed by atoms with Gasteiger partial charge in [-0.3, -0.25) is 0 Å². The summed E-state index contributed by atoms with van der Waals surface area (Å²) in [5.41, 5.74) is 0. The molecule has 17 heavy (non-hydrogen) atoms. The van der Waals surface area contributed by atoms with Crippen LogP contribution in [0.15, 0.2) is 0 Å². The van der Waals surface area contributed by atoms with Crippen LogP contribution in [0.1, 0.15) is 39.5 Å². The molecule has 1 fully saturated rings. The first-order valence-corrected chi connectivity index (χ1v) is 7.66. The van der Waals surface area contributed by atoms with Crippen LogP contribution in [0.5, 0.6) is 0 Å². The Hall–Kier alpha value is -0.170. The van der Waals surface area contributed by atoms with Gasteiger partial charge in [0.1, 0.15) is 0 Å². The van der Waals surface area contributed by atoms with Gasteiger partial charge in [0.15, 0.2) is 0 Å². The second kappa shape index (κ2) is 6.13. The Bertz CT molecular complexity index is 330. The maximum absolute atomic E-state index is 12.3. The molecule has 1 heterocycles. The number of aliphatic hydroxyl groups is 1. The molecule has 6 heteroatoms. The van der Waals surface area contributed by atoms with Gasteiger partial charge in [-0.25, -0.2) is 0 Å². The lowest BCUT2D eigenvalue weighted by Crippen LogP contribution is -2.48. The third-order valence-electron chi connectivity index (χ3n) is 3.29. The minimum atomic E-state index is -3.35. The van der Waals surface area contributed by atoms with Gasteiger partial charge in [-0.05, 0) is 33.1 Å². The van der Waals surface area contributed by atoms with E-state index >= 15 is 0 Å². The second-order valence-electron chi connectivity index (χ2n) is 4.92. The number of aliphatic hydroxyl groups excluding tert-OH is 1. The Labute approximate surface area is 105 Å². The summed E-state index contributed by atoms with van der Waals surface area (Å²) in [7, 11) is -1.77. The van der Waals surface area contributed by atoms with E-state index in [2.05, 4.69) is 0 Å². The predicted octanol–water partition coefficient (Wildman–Crippen LogP) is 0.808. The molecule has 0 aromatic carbocycles. The zero-order valence-corrected chi connectivity index (χ0v) is 11.8. The SMILES string of the molecule is CC(O)CCN(C)S(=O)(=O)N1CCCCC1C. The van der Waals surface area contributed by atoms with Crippen molar-refractivity contribution in [3.05, 3.63) is 0 Å². The molecule has 5 nitrogen and oxygen atoms in total. The van der Waals surface area contributed by atoms with Gasteiger partial charge in [0.25, 0.3) is 10.2 Å². The Balaban J connectivity index is 2.65. The standard InChI is InChI=1S/C11H24N2O3S/c1-10-6-4-5-8-13(10)17(15,16)12(3)9-7-11(2)14/h10-11,14H,4-9H2,1-3H3. The highest BCUT2D eigenvalue weighted by Gasteiger charge is 2.32. The van der Waals surface area contributed by atoms with Gasteiger partial charge < -0.3 is 5.11 Å². The van der Waals surface area contributed by atoms with Crippen molar-refractivity contribution in [2.45, 2.75) is 51.7 Å². The highest BCUT2D eigenvalue weighted by molar-refractivity contribution is 7.86. The van der Waals surface area contributed by atoms with E-state index in [9.17, 15) is 13.5 Å². The Morgan fingerprint density at radius 3 is 2.65 bits per heavy atom. The van der Waals surface area contributed by atoms with Crippen molar-refractivity contribution in [2.75, 3.05) is 20.1 Å². The molecule has 1 rings (SSSR count). The third kappa shape index (κ3) is 3.91. The number of hydrogen-bond acceptors (Lipinski definition) is 3. The summed E-state index contributed by atoms with van der Waals surface area (Å²) in [5, 5.41) is 9.19. The first kappa shape index (κ1) is 14.9. The van der Waals surface area contributed by atoms with E-state index in [-0.39, 0.29) is 6.04 Å². The normalized spacial score (nSPS) is 25.1. The summed E-state index contributed by atoms with van der Waals surface area (Å²) in [6.07, 6.45) is 2.98. The molecule has 1 aliphatic heterocycles. The van der Waals surface area contributed by atoms with E-state index in [1.54, 1.807) is 18.3 Å². The van der Waals surface area contributed by atoms with Crippen LogP contribution >= 0.6 is 0 Å². The molecule has 102 valence electrons. The van der Waals surface area contributed by atoms with Gasteiger partial charge >= 0.3 is 0 Å². The van der Waals surface area contributed by atoms with E-state index in [4.69, 9.17) is 0 Å². The van der Waals surface area contributed by atoms with Crippen LogP contribution in [0.2, 0.25) is 0 Å². The summed E-state index contributed by atoms with van der Waals surface area (Å²) in [6.45, 7) is 4.61. The quantitative estimate of drug-likeness (QED) is 0.799. The predicted molar refractivity (Wildman–Crippen MR) is 67.9 cm³/mol. The highest BCUT2D eigenvalue weighted by atomic mass is 32.2. The minimum Gasteiger partial charge on any atom is -0.393 e. The smallest absolute Gasteiger partial charge is 0.281 e. The molecule has 1 N–H and O–H groups in total. The lowest BCUT2D eigenvalue weighted by atomic mass is 10.1. The summed E-state index contributed by atoms with van der Waals surface area (Å²) >= 11 is 0. The van der Waals surface area contributed by atoms with E-state index < -0.39 is 16.3 Å². The van der Waals surface area contributed by atoms with Crippen molar-refractivity contribution in [3.63, 3.8) is 0 Å². The monoisotopic (exact) mass is 264 g/mol. The molecule has 0 saturated carbocycles. The molecule has 0 aliphatic carbocycles. The van der Waals surface area contributed by atoms with Crippen LogP contribution < -0.4 is 0 Å². The molecule has 0 aromatic rings. The van der Waals surface area contributed by atoms with Gasteiger partial charge in [0, 0.05) is 26.2 Å². The Morgan fingerprint density at radius 1 is 1.47 bits per heavy atom. The van der Waals surface area contributed by atoms with Gasteiger partial charge in [-0.1, -0.05) is 6.42 Å². The zero-order chi connectivity index (χ0) is 13.1. The molecule has 1 aliphatic rings. The van der Waals surface area contributed by atoms with Crippen LogP contribution in [0.3, 0.4) is 0 Å². The van der Waals surface area contributed by atoms with Crippen LogP contribution in [0.25, 0.3) is 0 Å². The van der Waals surface area contributed by atoms with Crippen molar-refractivity contribution in [1.29, 1.82) is 0 Å². The summed E-state index contributed by atoms with van der Waals surface area (Å²) in [5.74, 6) is 0. The van der Waals surface area contributed by atoms with Crippen LogP contribution in [0.4, 0.5) is 0 Å². The van der Waals surface area contributed by atoms with Crippen LogP contribution in [-0.4, -0.2) is 54.4 Å². The molecule has 2 unspecified atom stereocenters. The van der Waals surface area contributed by atoms with Crippen molar-refractivity contribution in [3.8, 4) is 0 Å². The molecule has 0 spiro atoms. The van der Waals surface area contributed by atoms with Gasteiger partial charge in [0.05, 0.1) is 6.10 Å². The van der Waals surface area contributed by atoms with Crippen molar-refractivity contribution < 1.29 is 13.5 Å². The van der Waals surface area contributed by atoms with Crippen molar-refractivity contribution in [2.24, 2.45) is 0 Å². The van der Waals surface area contributed by atoms with Gasteiger partial charge in [-0.2, -0.15) is 17.0 Å². The molecule has 0 amide bonds. The minimum absolute atomic E-state index is 0.0859. The molecular formula is C11H24N2O3S. The van der Waals surface area contributed by atoms with Crippen molar-refractivity contribution in [1.82, 2.24) is 8.61 Å². The summed E-state index contributed by atoms with van der Waals surface area (Å²) in [4.78, 5) is 0. The lowest BCUT2D eigenvalue weighted by molar-refractivity contribution is 0.174. The van der Waals surface area contributed by atoms with Crippen LogP contribution in [0, 0.1) is 0 Å². The van der Waals surface area contributed by atoms with Gasteiger partial charge in [-0.15, -0.1) is 0 Å². The fourth-order valence-electron chi connectivity index (χ4n) is 2.08. The maximum Gasteiger partial charge on any atom is 0.281 e. The second-order valence-corrected chi connectivity index (χ2v) is 6.91. The molecular weight excluding hydrogens is 240 g/mol. The summed E-state index contributed by atoms with van der Waals surface area (Å²) < 4.78 is 27.5. The Kier molecular flexibility index (Phi) is 5.37. The van der Waals surface area contributed by atoms with E-state index in [1.807, 2.05) is 6.92 Å². The lowest BCUT2D eigenvalue weighted by Gasteiger charge is -2.35. The topological polar surface area (TPSA) is 60.9 Å². The number of piperidine rings is 1. The molecule has 0 radical (unpaired) electrons. The fraction of sp³-hybridized carbons (Fsp3) is 1.00. The van der Waals surface area contributed by atoms with Crippen LogP contribution in [-0.2, 0) is 10.2 Å². The number of rotatable bonds is 5. The largest absolute Gasteiger partial charge is 0.393 e. The van der Waals surface area contributed by atoms with Gasteiger partial charge in [0.2, 0.25) is 0 Å². The maximum atomic E-state index is 12.3. The van der Waals surface area contributed by atoms with E-state index in [1.165, 1.54) is 4.31 Å². The number of hydrogen-bond donors (Lipinski definition) is 1. The first-order chi connectivity index (χ1) is 7.85. The molecule has 2 atom stereocenters. The highest BCUT2D eigenvalue weighted by Crippen LogP contribution is 2.21. The molecule has 0 bridgehead atoms.